The number of pyridine rings is 1. The van der Waals surface area contributed by atoms with Crippen LogP contribution in [0, 0.1) is 13.8 Å². The topological polar surface area (TPSA) is 59.8 Å². The summed E-state index contributed by atoms with van der Waals surface area (Å²) in [5.41, 5.74) is 5.99. The Balaban J connectivity index is 1.66. The summed E-state index contributed by atoms with van der Waals surface area (Å²) in [5.74, 6) is 0.310. The number of anilines is 1. The first-order valence-corrected chi connectivity index (χ1v) is 9.94. The maximum absolute atomic E-state index is 13.3. The number of hydrogen-bond acceptors (Lipinski definition) is 3. The van der Waals surface area contributed by atoms with Crippen molar-refractivity contribution in [1.29, 1.82) is 0 Å². The normalized spacial score (nSPS) is 13.6. The third kappa shape index (κ3) is 3.29. The first kappa shape index (κ1) is 17.6. The van der Waals surface area contributed by atoms with E-state index in [-0.39, 0.29) is 5.91 Å². The third-order valence-electron chi connectivity index (χ3n) is 5.35. The zero-order valence-corrected chi connectivity index (χ0v) is 16.5. The van der Waals surface area contributed by atoms with Gasteiger partial charge in [0.05, 0.1) is 22.3 Å². The maximum Gasteiger partial charge on any atom is 0.256 e. The van der Waals surface area contributed by atoms with Crippen molar-refractivity contribution in [2.24, 2.45) is 0 Å². The number of carbonyl (C=O) groups excluding carboxylic acids is 1. The van der Waals surface area contributed by atoms with Crippen molar-refractivity contribution in [2.45, 2.75) is 32.6 Å². The molecule has 0 saturated heterocycles. The molecule has 5 nitrogen and oxygen atoms in total. The van der Waals surface area contributed by atoms with Crippen molar-refractivity contribution < 1.29 is 4.79 Å². The highest BCUT2D eigenvalue weighted by atomic mass is 16.1. The summed E-state index contributed by atoms with van der Waals surface area (Å²) in [6, 6.07) is 19.7. The quantitative estimate of drug-likeness (QED) is 0.530. The van der Waals surface area contributed by atoms with Gasteiger partial charge in [0.25, 0.3) is 5.91 Å². The average Bonchev–Trinajstić information content (AvgIpc) is 3.52. The molecule has 0 unspecified atom stereocenters. The number of nitrogens with one attached hydrogen (secondary N) is 1. The number of nitrogens with zero attached hydrogens (tertiary/aromatic N) is 3. The van der Waals surface area contributed by atoms with E-state index < -0.39 is 0 Å². The fraction of sp³-hybridized carbons (Fsp3) is 0.208. The number of benzene rings is 2. The minimum atomic E-state index is -0.124. The molecule has 1 saturated carbocycles. The van der Waals surface area contributed by atoms with Gasteiger partial charge in [-0.3, -0.25) is 4.79 Å². The molecule has 1 aliphatic carbocycles. The van der Waals surface area contributed by atoms with Crippen LogP contribution in [0.5, 0.6) is 0 Å². The van der Waals surface area contributed by atoms with Gasteiger partial charge in [-0.15, -0.1) is 0 Å². The van der Waals surface area contributed by atoms with Gasteiger partial charge in [0.1, 0.15) is 0 Å². The fourth-order valence-electron chi connectivity index (χ4n) is 3.75. The third-order valence-corrected chi connectivity index (χ3v) is 5.35. The second kappa shape index (κ2) is 6.85. The van der Waals surface area contributed by atoms with Gasteiger partial charge < -0.3 is 5.32 Å². The lowest BCUT2D eigenvalue weighted by Crippen LogP contribution is -2.14. The fourth-order valence-corrected chi connectivity index (χ4v) is 3.75. The van der Waals surface area contributed by atoms with Crippen LogP contribution in [-0.4, -0.2) is 20.7 Å². The van der Waals surface area contributed by atoms with Crippen molar-refractivity contribution in [1.82, 2.24) is 14.8 Å². The summed E-state index contributed by atoms with van der Waals surface area (Å²) in [7, 11) is 0. The number of aromatic nitrogens is 3. The number of carbonyl (C=O) groups is 1. The van der Waals surface area contributed by atoms with Crippen LogP contribution >= 0.6 is 0 Å². The lowest BCUT2D eigenvalue weighted by atomic mass is 10.1. The second-order valence-corrected chi connectivity index (χ2v) is 7.72. The molecule has 0 atom stereocenters. The van der Waals surface area contributed by atoms with Gasteiger partial charge in [-0.1, -0.05) is 30.3 Å². The summed E-state index contributed by atoms with van der Waals surface area (Å²) in [6.45, 7) is 3.95. The largest absolute Gasteiger partial charge is 0.322 e. The van der Waals surface area contributed by atoms with Gasteiger partial charge in [-0.05, 0) is 62.6 Å². The highest BCUT2D eigenvalue weighted by molar-refractivity contribution is 6.12. The smallest absolute Gasteiger partial charge is 0.256 e. The molecule has 1 aliphatic rings. The van der Waals surface area contributed by atoms with Crippen molar-refractivity contribution in [2.75, 3.05) is 5.32 Å². The molecule has 2 aromatic heterocycles. The molecule has 0 spiro atoms. The van der Waals surface area contributed by atoms with Crippen molar-refractivity contribution in [3.05, 3.63) is 83.2 Å². The van der Waals surface area contributed by atoms with Gasteiger partial charge in [0.15, 0.2) is 5.65 Å². The Hall–Kier alpha value is -3.47. The van der Waals surface area contributed by atoms with E-state index in [2.05, 4.69) is 5.32 Å². The molecule has 29 heavy (non-hydrogen) atoms. The van der Waals surface area contributed by atoms with Crippen LogP contribution in [0.2, 0.25) is 0 Å². The highest BCUT2D eigenvalue weighted by Gasteiger charge is 2.29. The highest BCUT2D eigenvalue weighted by Crippen LogP contribution is 2.40. The lowest BCUT2D eigenvalue weighted by Gasteiger charge is -2.10. The molecule has 0 radical (unpaired) electrons. The first-order valence-electron chi connectivity index (χ1n) is 9.94. The monoisotopic (exact) mass is 382 g/mol. The first-order chi connectivity index (χ1) is 14.1. The van der Waals surface area contributed by atoms with Gasteiger partial charge >= 0.3 is 0 Å². The van der Waals surface area contributed by atoms with Crippen molar-refractivity contribution in [3.8, 4) is 5.69 Å². The van der Waals surface area contributed by atoms with Gasteiger partial charge in [-0.2, -0.15) is 5.10 Å². The number of amides is 1. The number of hydrogen-bond donors (Lipinski definition) is 1. The number of aryl methyl sites for hydroxylation is 2. The number of para-hydroxylation sites is 1. The Kier molecular flexibility index (Phi) is 4.16. The summed E-state index contributed by atoms with van der Waals surface area (Å²) >= 11 is 0. The molecular formula is C24H22N4O. The molecular weight excluding hydrogens is 360 g/mol. The van der Waals surface area contributed by atoms with Crippen LogP contribution in [0.4, 0.5) is 5.69 Å². The molecule has 2 heterocycles. The molecule has 1 N–H and O–H groups in total. The van der Waals surface area contributed by atoms with E-state index in [1.165, 1.54) is 0 Å². The Labute approximate surface area is 169 Å². The molecule has 5 heteroatoms. The minimum Gasteiger partial charge on any atom is -0.322 e. The van der Waals surface area contributed by atoms with E-state index >= 15 is 0 Å². The Morgan fingerprint density at radius 2 is 1.83 bits per heavy atom. The predicted molar refractivity (Wildman–Crippen MR) is 115 cm³/mol. The van der Waals surface area contributed by atoms with E-state index in [1.807, 2.05) is 79.2 Å². The van der Waals surface area contributed by atoms with Gasteiger partial charge in [-0.25, -0.2) is 9.67 Å². The van der Waals surface area contributed by atoms with E-state index in [0.29, 0.717) is 11.5 Å². The van der Waals surface area contributed by atoms with Crippen LogP contribution in [-0.2, 0) is 0 Å². The zero-order valence-electron chi connectivity index (χ0n) is 16.5. The van der Waals surface area contributed by atoms with Crippen LogP contribution in [0.15, 0.2) is 60.7 Å². The summed E-state index contributed by atoms with van der Waals surface area (Å²) in [5, 5.41) is 8.58. The SMILES string of the molecule is Cc1cccc(NC(=O)c2cc(C3CC3)nc3c2c(C)nn3-c2ccccc2)c1. The molecule has 2 aromatic carbocycles. The summed E-state index contributed by atoms with van der Waals surface area (Å²) in [6.07, 6.45) is 2.24. The van der Waals surface area contributed by atoms with Crippen molar-refractivity contribution >= 4 is 22.6 Å². The van der Waals surface area contributed by atoms with E-state index in [1.54, 1.807) is 0 Å². The predicted octanol–water partition coefficient (Wildman–Crippen LogP) is 5.17. The van der Waals surface area contributed by atoms with Crippen LogP contribution in [0.25, 0.3) is 16.7 Å². The molecule has 1 amide bonds. The maximum atomic E-state index is 13.3. The Morgan fingerprint density at radius 1 is 1.03 bits per heavy atom. The summed E-state index contributed by atoms with van der Waals surface area (Å²) < 4.78 is 1.85. The Morgan fingerprint density at radius 3 is 2.55 bits per heavy atom. The Bertz CT molecular complexity index is 1220. The van der Waals surface area contributed by atoms with Crippen LogP contribution < -0.4 is 5.32 Å². The van der Waals surface area contributed by atoms with Crippen LogP contribution in [0.1, 0.15) is 46.1 Å². The summed E-state index contributed by atoms with van der Waals surface area (Å²) in [4.78, 5) is 18.2. The molecule has 4 aromatic rings. The van der Waals surface area contributed by atoms with Gasteiger partial charge in [0.2, 0.25) is 0 Å². The number of rotatable bonds is 4. The van der Waals surface area contributed by atoms with E-state index in [0.717, 1.165) is 52.2 Å². The molecule has 0 bridgehead atoms. The van der Waals surface area contributed by atoms with Crippen LogP contribution in [0.3, 0.4) is 0 Å². The van der Waals surface area contributed by atoms with E-state index in [9.17, 15) is 4.79 Å². The average molecular weight is 382 g/mol. The van der Waals surface area contributed by atoms with Gasteiger partial charge in [0, 0.05) is 17.3 Å². The molecule has 144 valence electrons. The number of fused-ring (bicyclic) bond motifs is 1. The molecule has 5 rings (SSSR count). The molecule has 0 aliphatic heterocycles. The zero-order chi connectivity index (χ0) is 20.0. The van der Waals surface area contributed by atoms with Crippen molar-refractivity contribution in [3.63, 3.8) is 0 Å². The standard InChI is InChI=1S/C24H22N4O/c1-15-7-6-8-18(13-15)25-24(29)20-14-21(17-11-12-17)26-23-22(20)16(2)27-28(23)19-9-4-3-5-10-19/h3-10,13-14,17H,11-12H2,1-2H3,(H,25,29). The van der Waals surface area contributed by atoms with E-state index in [4.69, 9.17) is 10.1 Å². The minimum absolute atomic E-state index is 0.124. The lowest BCUT2D eigenvalue weighted by molar-refractivity contribution is 0.102. The molecule has 1 fully saturated rings. The second-order valence-electron chi connectivity index (χ2n) is 7.72.